The van der Waals surface area contributed by atoms with Gasteiger partial charge in [0.05, 0.1) is 12.1 Å². The number of nitrogens with one attached hydrogen (secondary N) is 1. The van der Waals surface area contributed by atoms with E-state index in [4.69, 9.17) is 0 Å². The molecule has 3 fully saturated rings. The lowest BCUT2D eigenvalue weighted by Gasteiger charge is -2.44. The largest absolute Gasteiger partial charge is 0.340 e. The summed E-state index contributed by atoms with van der Waals surface area (Å²) in [5.74, 6) is 0.156. The lowest BCUT2D eigenvalue weighted by molar-refractivity contribution is -0.134. The monoisotopic (exact) mass is 349 g/mol. The van der Waals surface area contributed by atoms with E-state index < -0.39 is 0 Å². The zero-order chi connectivity index (χ0) is 16.5. The van der Waals surface area contributed by atoms with Gasteiger partial charge in [0, 0.05) is 44.1 Å². The van der Waals surface area contributed by atoms with E-state index in [-0.39, 0.29) is 11.9 Å². The molecular weight excluding hydrogens is 326 g/mol. The summed E-state index contributed by atoms with van der Waals surface area (Å²) < 4.78 is 0. The molecule has 0 radical (unpaired) electrons. The second-order valence-corrected chi connectivity index (χ2v) is 7.54. The SMILES string of the molecule is O=C(Cc1csc(N2CCNC2=O)n1)N1CCN2CCCC[C@H]2C1. The van der Waals surface area contributed by atoms with Crippen LogP contribution in [0.5, 0.6) is 0 Å². The summed E-state index contributed by atoms with van der Waals surface area (Å²) in [6, 6.07) is 0.436. The van der Waals surface area contributed by atoms with Crippen LogP contribution in [0.15, 0.2) is 5.38 Å². The van der Waals surface area contributed by atoms with Crippen LogP contribution < -0.4 is 10.2 Å². The first-order chi connectivity index (χ1) is 11.7. The van der Waals surface area contributed by atoms with Gasteiger partial charge in [-0.3, -0.25) is 14.6 Å². The highest BCUT2D eigenvalue weighted by atomic mass is 32.1. The van der Waals surface area contributed by atoms with Crippen LogP contribution >= 0.6 is 11.3 Å². The number of thiazole rings is 1. The number of piperazine rings is 1. The average Bonchev–Trinajstić information content (AvgIpc) is 3.23. The van der Waals surface area contributed by atoms with Gasteiger partial charge in [0.1, 0.15) is 0 Å². The summed E-state index contributed by atoms with van der Waals surface area (Å²) in [4.78, 5) is 35.0. The number of rotatable bonds is 3. The highest BCUT2D eigenvalue weighted by Crippen LogP contribution is 2.24. The first-order valence-corrected chi connectivity index (χ1v) is 9.60. The molecule has 1 aromatic rings. The fourth-order valence-electron chi connectivity index (χ4n) is 3.80. The Kier molecular flexibility index (Phi) is 4.41. The van der Waals surface area contributed by atoms with E-state index in [0.29, 0.717) is 30.7 Å². The van der Waals surface area contributed by atoms with Crippen molar-refractivity contribution in [3.63, 3.8) is 0 Å². The van der Waals surface area contributed by atoms with Gasteiger partial charge in [-0.2, -0.15) is 0 Å². The number of amides is 3. The van der Waals surface area contributed by atoms with Crippen LogP contribution in [0.25, 0.3) is 0 Å². The Morgan fingerprint density at radius 3 is 3.04 bits per heavy atom. The molecule has 0 aromatic carbocycles. The molecule has 130 valence electrons. The molecule has 8 heteroatoms. The van der Waals surface area contributed by atoms with E-state index in [2.05, 4.69) is 15.2 Å². The number of aromatic nitrogens is 1. The predicted octanol–water partition coefficient (Wildman–Crippen LogP) is 0.912. The average molecular weight is 349 g/mol. The molecule has 1 aromatic heterocycles. The third-order valence-electron chi connectivity index (χ3n) is 5.15. The predicted molar refractivity (Wildman–Crippen MR) is 92.4 cm³/mol. The van der Waals surface area contributed by atoms with Crippen molar-refractivity contribution in [1.82, 2.24) is 20.1 Å². The molecule has 0 bridgehead atoms. The number of hydrogen-bond acceptors (Lipinski definition) is 5. The zero-order valence-electron chi connectivity index (χ0n) is 13.7. The lowest BCUT2D eigenvalue weighted by Crippen LogP contribution is -2.56. The smallest absolute Gasteiger partial charge is 0.323 e. The first-order valence-electron chi connectivity index (χ1n) is 8.72. The molecule has 7 nitrogen and oxygen atoms in total. The summed E-state index contributed by atoms with van der Waals surface area (Å²) >= 11 is 1.43. The molecule has 4 heterocycles. The number of nitrogens with zero attached hydrogens (tertiary/aromatic N) is 4. The number of anilines is 1. The normalized spacial score (nSPS) is 24.8. The van der Waals surface area contributed by atoms with Crippen LogP contribution in [-0.2, 0) is 11.2 Å². The second-order valence-electron chi connectivity index (χ2n) is 6.71. The van der Waals surface area contributed by atoms with Crippen LogP contribution in [0.2, 0.25) is 0 Å². The van der Waals surface area contributed by atoms with Crippen molar-refractivity contribution in [3.8, 4) is 0 Å². The van der Waals surface area contributed by atoms with Crippen LogP contribution in [0.1, 0.15) is 25.0 Å². The van der Waals surface area contributed by atoms with E-state index in [1.54, 1.807) is 4.90 Å². The molecule has 0 saturated carbocycles. The highest BCUT2D eigenvalue weighted by Gasteiger charge is 2.31. The van der Waals surface area contributed by atoms with Gasteiger partial charge in [0.25, 0.3) is 0 Å². The maximum Gasteiger partial charge on any atom is 0.323 e. The minimum Gasteiger partial charge on any atom is -0.340 e. The van der Waals surface area contributed by atoms with Gasteiger partial charge < -0.3 is 10.2 Å². The van der Waals surface area contributed by atoms with Gasteiger partial charge in [-0.1, -0.05) is 6.42 Å². The van der Waals surface area contributed by atoms with Gasteiger partial charge in [-0.15, -0.1) is 11.3 Å². The Bertz CT molecular complexity index is 634. The van der Waals surface area contributed by atoms with Gasteiger partial charge in [-0.05, 0) is 19.4 Å². The second kappa shape index (κ2) is 6.68. The fraction of sp³-hybridized carbons (Fsp3) is 0.688. The van der Waals surface area contributed by atoms with Gasteiger partial charge >= 0.3 is 6.03 Å². The molecule has 0 unspecified atom stereocenters. The van der Waals surface area contributed by atoms with Crippen molar-refractivity contribution in [2.75, 3.05) is 44.2 Å². The third-order valence-corrected chi connectivity index (χ3v) is 6.06. The minimum atomic E-state index is -0.101. The quantitative estimate of drug-likeness (QED) is 0.881. The Balaban J connectivity index is 1.36. The summed E-state index contributed by atoms with van der Waals surface area (Å²) in [5.41, 5.74) is 0.769. The molecule has 3 aliphatic heterocycles. The van der Waals surface area contributed by atoms with E-state index in [1.807, 2.05) is 10.3 Å². The fourth-order valence-corrected chi connectivity index (χ4v) is 4.65. The van der Waals surface area contributed by atoms with Crippen LogP contribution in [0.4, 0.5) is 9.93 Å². The summed E-state index contributed by atoms with van der Waals surface area (Å²) in [6.45, 7) is 5.14. The first kappa shape index (κ1) is 15.8. The molecular formula is C16H23N5O2S. The Morgan fingerprint density at radius 2 is 2.21 bits per heavy atom. The van der Waals surface area contributed by atoms with Crippen LogP contribution in [-0.4, -0.2) is 72.0 Å². The Labute approximate surface area is 145 Å². The van der Waals surface area contributed by atoms with Crippen molar-refractivity contribution in [1.29, 1.82) is 0 Å². The van der Waals surface area contributed by atoms with E-state index in [0.717, 1.165) is 25.3 Å². The van der Waals surface area contributed by atoms with Gasteiger partial charge in [0.2, 0.25) is 5.91 Å². The molecule has 24 heavy (non-hydrogen) atoms. The maximum absolute atomic E-state index is 12.6. The number of carbonyl (C=O) groups is 2. The molecule has 0 aliphatic carbocycles. The number of piperidine rings is 1. The van der Waals surface area contributed by atoms with E-state index >= 15 is 0 Å². The third kappa shape index (κ3) is 3.12. The number of carbonyl (C=O) groups excluding carboxylic acids is 2. The van der Waals surface area contributed by atoms with Gasteiger partial charge in [-0.25, -0.2) is 9.78 Å². The van der Waals surface area contributed by atoms with Crippen LogP contribution in [0, 0.1) is 0 Å². The number of fused-ring (bicyclic) bond motifs is 1. The van der Waals surface area contributed by atoms with Crippen molar-refractivity contribution in [2.24, 2.45) is 0 Å². The van der Waals surface area contributed by atoms with Crippen LogP contribution in [0.3, 0.4) is 0 Å². The zero-order valence-corrected chi connectivity index (χ0v) is 14.6. The number of hydrogen-bond donors (Lipinski definition) is 1. The standard InChI is InChI=1S/C16H23N5O2S/c22-14(20-8-7-19-5-2-1-3-13(19)10-20)9-12-11-24-16(18-12)21-6-4-17-15(21)23/h11,13H,1-10H2,(H,17,23)/t13-/m0/s1. The van der Waals surface area contributed by atoms with Crippen molar-refractivity contribution >= 4 is 28.4 Å². The van der Waals surface area contributed by atoms with Crippen molar-refractivity contribution < 1.29 is 9.59 Å². The maximum atomic E-state index is 12.6. The molecule has 1 N–H and O–H groups in total. The molecule has 1 atom stereocenters. The summed E-state index contributed by atoms with van der Waals surface area (Å²) in [5, 5.41) is 5.35. The molecule has 3 aliphatic rings. The summed E-state index contributed by atoms with van der Waals surface area (Å²) in [6.07, 6.45) is 4.10. The number of urea groups is 1. The lowest BCUT2D eigenvalue weighted by atomic mass is 9.99. The summed E-state index contributed by atoms with van der Waals surface area (Å²) in [7, 11) is 0. The molecule has 4 rings (SSSR count). The van der Waals surface area contributed by atoms with Crippen molar-refractivity contribution in [2.45, 2.75) is 31.7 Å². The molecule has 3 amide bonds. The van der Waals surface area contributed by atoms with Gasteiger partial charge in [0.15, 0.2) is 5.13 Å². The molecule has 3 saturated heterocycles. The molecule has 0 spiro atoms. The Morgan fingerprint density at radius 1 is 1.29 bits per heavy atom. The highest BCUT2D eigenvalue weighted by molar-refractivity contribution is 7.14. The van der Waals surface area contributed by atoms with Crippen molar-refractivity contribution in [3.05, 3.63) is 11.1 Å². The minimum absolute atomic E-state index is 0.101. The van der Waals surface area contributed by atoms with E-state index in [9.17, 15) is 9.59 Å². The Hall–Kier alpha value is -1.67. The van der Waals surface area contributed by atoms with E-state index in [1.165, 1.54) is 37.1 Å². The topological polar surface area (TPSA) is 68.8 Å².